The highest BCUT2D eigenvalue weighted by molar-refractivity contribution is 7.15. The molecule has 1 fully saturated rings. The lowest BCUT2D eigenvalue weighted by Crippen LogP contribution is -2.11. The van der Waals surface area contributed by atoms with Gasteiger partial charge in [0.2, 0.25) is 5.13 Å². The molecule has 5 nitrogen and oxygen atoms in total. The number of hydrogen-bond donors (Lipinski definition) is 1. The van der Waals surface area contributed by atoms with E-state index in [0.717, 1.165) is 10.7 Å². The van der Waals surface area contributed by atoms with Crippen molar-refractivity contribution in [2.24, 2.45) is 0 Å². The molecule has 2 aromatic heterocycles. The standard InChI is InChI=1S/C19H20N4OS/c24-17(14-8-10-16(11-9-14)23-12-4-5-13-23)20-19-22-21-18(25-19)15-6-2-1-3-7-15/h4-5,8-13,15H,1-3,6-7H2,(H,20,22,24). The summed E-state index contributed by atoms with van der Waals surface area (Å²) in [5.74, 6) is 0.364. The lowest BCUT2D eigenvalue weighted by Gasteiger charge is -2.18. The number of amides is 1. The maximum Gasteiger partial charge on any atom is 0.257 e. The summed E-state index contributed by atoms with van der Waals surface area (Å²) in [6.07, 6.45) is 10.2. The van der Waals surface area contributed by atoms with Crippen LogP contribution < -0.4 is 5.32 Å². The van der Waals surface area contributed by atoms with Gasteiger partial charge in [-0.05, 0) is 49.2 Å². The summed E-state index contributed by atoms with van der Waals surface area (Å²) < 4.78 is 2.00. The Morgan fingerprint density at radius 1 is 1.04 bits per heavy atom. The lowest BCUT2D eigenvalue weighted by atomic mass is 9.90. The van der Waals surface area contributed by atoms with E-state index >= 15 is 0 Å². The Kier molecular flexibility index (Phi) is 4.61. The molecule has 128 valence electrons. The van der Waals surface area contributed by atoms with E-state index in [4.69, 9.17) is 0 Å². The van der Waals surface area contributed by atoms with Crippen molar-refractivity contribution >= 4 is 22.4 Å². The number of hydrogen-bond acceptors (Lipinski definition) is 4. The molecule has 0 unspecified atom stereocenters. The van der Waals surface area contributed by atoms with E-state index in [1.807, 2.05) is 53.4 Å². The van der Waals surface area contributed by atoms with Crippen molar-refractivity contribution in [3.8, 4) is 5.69 Å². The Balaban J connectivity index is 1.42. The summed E-state index contributed by atoms with van der Waals surface area (Å²) >= 11 is 1.51. The zero-order valence-electron chi connectivity index (χ0n) is 13.9. The van der Waals surface area contributed by atoms with Crippen LogP contribution in [-0.2, 0) is 0 Å². The number of rotatable bonds is 4. The van der Waals surface area contributed by atoms with Crippen molar-refractivity contribution in [2.75, 3.05) is 5.32 Å². The van der Waals surface area contributed by atoms with Gasteiger partial charge < -0.3 is 4.57 Å². The fourth-order valence-electron chi connectivity index (χ4n) is 3.26. The molecule has 4 rings (SSSR count). The van der Waals surface area contributed by atoms with Gasteiger partial charge in [0.1, 0.15) is 5.01 Å². The molecular weight excluding hydrogens is 332 g/mol. The van der Waals surface area contributed by atoms with Gasteiger partial charge in [-0.3, -0.25) is 10.1 Å². The highest BCUT2D eigenvalue weighted by atomic mass is 32.1. The molecule has 0 radical (unpaired) electrons. The Labute approximate surface area is 150 Å². The van der Waals surface area contributed by atoms with Gasteiger partial charge in [0.05, 0.1) is 0 Å². The van der Waals surface area contributed by atoms with Crippen LogP contribution in [0.3, 0.4) is 0 Å². The normalized spacial score (nSPS) is 15.2. The number of anilines is 1. The Morgan fingerprint density at radius 3 is 2.48 bits per heavy atom. The average Bonchev–Trinajstić information content (AvgIpc) is 3.35. The van der Waals surface area contributed by atoms with Crippen molar-refractivity contribution < 1.29 is 4.79 Å². The van der Waals surface area contributed by atoms with E-state index < -0.39 is 0 Å². The highest BCUT2D eigenvalue weighted by Gasteiger charge is 2.20. The monoisotopic (exact) mass is 352 g/mol. The molecule has 3 aromatic rings. The van der Waals surface area contributed by atoms with Crippen molar-refractivity contribution in [1.29, 1.82) is 0 Å². The van der Waals surface area contributed by atoms with Gasteiger partial charge in [-0.15, -0.1) is 10.2 Å². The van der Waals surface area contributed by atoms with Crippen LogP contribution in [0.4, 0.5) is 5.13 Å². The number of nitrogens with zero attached hydrogens (tertiary/aromatic N) is 3. The van der Waals surface area contributed by atoms with Crippen molar-refractivity contribution in [1.82, 2.24) is 14.8 Å². The molecule has 1 N–H and O–H groups in total. The highest BCUT2D eigenvalue weighted by Crippen LogP contribution is 2.35. The third-order valence-electron chi connectivity index (χ3n) is 4.65. The second kappa shape index (κ2) is 7.19. The van der Waals surface area contributed by atoms with Gasteiger partial charge in [-0.1, -0.05) is 30.6 Å². The van der Waals surface area contributed by atoms with Crippen molar-refractivity contribution in [3.05, 3.63) is 59.4 Å². The quantitative estimate of drug-likeness (QED) is 0.745. The van der Waals surface area contributed by atoms with Gasteiger partial charge in [-0.25, -0.2) is 0 Å². The predicted molar refractivity (Wildman–Crippen MR) is 99.5 cm³/mol. The first-order valence-electron chi connectivity index (χ1n) is 8.68. The molecule has 25 heavy (non-hydrogen) atoms. The molecule has 1 aliphatic rings. The molecule has 0 atom stereocenters. The summed E-state index contributed by atoms with van der Waals surface area (Å²) in [5, 5.41) is 12.9. The van der Waals surface area contributed by atoms with Crippen LogP contribution in [0, 0.1) is 0 Å². The van der Waals surface area contributed by atoms with Gasteiger partial charge in [0.15, 0.2) is 0 Å². The molecule has 0 bridgehead atoms. The zero-order chi connectivity index (χ0) is 17.1. The smallest absolute Gasteiger partial charge is 0.257 e. The van der Waals surface area contributed by atoms with Crippen LogP contribution in [0.5, 0.6) is 0 Å². The second-order valence-corrected chi connectivity index (χ2v) is 7.38. The fraction of sp³-hybridized carbons (Fsp3) is 0.316. The Hall–Kier alpha value is -2.47. The zero-order valence-corrected chi connectivity index (χ0v) is 14.7. The second-order valence-electron chi connectivity index (χ2n) is 6.37. The lowest BCUT2D eigenvalue weighted by molar-refractivity contribution is 0.102. The average molecular weight is 352 g/mol. The third-order valence-corrected chi connectivity index (χ3v) is 5.65. The van der Waals surface area contributed by atoms with Gasteiger partial charge in [-0.2, -0.15) is 0 Å². The molecule has 1 aromatic carbocycles. The molecule has 0 spiro atoms. The number of carbonyl (C=O) groups excluding carboxylic acids is 1. The van der Waals surface area contributed by atoms with E-state index in [9.17, 15) is 4.79 Å². The molecular formula is C19H20N4OS. The van der Waals surface area contributed by atoms with E-state index in [-0.39, 0.29) is 5.91 Å². The Bertz CT molecular complexity index is 833. The predicted octanol–water partition coefficient (Wildman–Crippen LogP) is 4.63. The first kappa shape index (κ1) is 16.0. The first-order valence-corrected chi connectivity index (χ1v) is 9.49. The van der Waals surface area contributed by atoms with Gasteiger partial charge in [0, 0.05) is 29.6 Å². The van der Waals surface area contributed by atoms with Gasteiger partial charge in [0.25, 0.3) is 5.91 Å². The van der Waals surface area contributed by atoms with E-state index in [2.05, 4.69) is 15.5 Å². The molecule has 1 saturated carbocycles. The minimum Gasteiger partial charge on any atom is -0.324 e. The van der Waals surface area contributed by atoms with Crippen LogP contribution in [0.1, 0.15) is 53.4 Å². The number of nitrogens with one attached hydrogen (secondary N) is 1. The van der Waals surface area contributed by atoms with Crippen LogP contribution in [-0.4, -0.2) is 20.7 Å². The summed E-state index contributed by atoms with van der Waals surface area (Å²) in [4.78, 5) is 12.4. The molecule has 1 aliphatic carbocycles. The van der Waals surface area contributed by atoms with Crippen LogP contribution in [0.2, 0.25) is 0 Å². The van der Waals surface area contributed by atoms with Crippen LogP contribution in [0.15, 0.2) is 48.8 Å². The number of carbonyl (C=O) groups is 1. The summed E-state index contributed by atoms with van der Waals surface area (Å²) in [5.41, 5.74) is 1.64. The molecule has 2 heterocycles. The summed E-state index contributed by atoms with van der Waals surface area (Å²) in [6, 6.07) is 11.5. The van der Waals surface area contributed by atoms with Crippen LogP contribution in [0.25, 0.3) is 5.69 Å². The minimum absolute atomic E-state index is 0.148. The van der Waals surface area contributed by atoms with E-state index in [0.29, 0.717) is 16.6 Å². The fourth-order valence-corrected chi connectivity index (χ4v) is 4.17. The summed E-state index contributed by atoms with van der Waals surface area (Å²) in [7, 11) is 0. The van der Waals surface area contributed by atoms with E-state index in [1.54, 1.807) is 0 Å². The molecule has 6 heteroatoms. The summed E-state index contributed by atoms with van der Waals surface area (Å²) in [6.45, 7) is 0. The van der Waals surface area contributed by atoms with Crippen LogP contribution >= 0.6 is 11.3 Å². The minimum atomic E-state index is -0.148. The van der Waals surface area contributed by atoms with Gasteiger partial charge >= 0.3 is 0 Å². The maximum absolute atomic E-state index is 12.4. The first-order chi connectivity index (χ1) is 12.3. The SMILES string of the molecule is O=C(Nc1nnc(C2CCCCC2)s1)c1ccc(-n2cccc2)cc1. The number of aromatic nitrogens is 3. The van der Waals surface area contributed by atoms with Crippen molar-refractivity contribution in [2.45, 2.75) is 38.0 Å². The molecule has 1 amide bonds. The largest absolute Gasteiger partial charge is 0.324 e. The van der Waals surface area contributed by atoms with E-state index in [1.165, 1.54) is 43.4 Å². The number of benzene rings is 1. The molecule has 0 saturated heterocycles. The topological polar surface area (TPSA) is 59.8 Å². The third kappa shape index (κ3) is 3.64. The maximum atomic E-state index is 12.4. The molecule has 0 aliphatic heterocycles. The van der Waals surface area contributed by atoms with Crippen molar-refractivity contribution in [3.63, 3.8) is 0 Å². The Morgan fingerprint density at radius 2 is 1.76 bits per heavy atom.